The van der Waals surface area contributed by atoms with Crippen molar-refractivity contribution < 1.29 is 10.2 Å². The van der Waals surface area contributed by atoms with E-state index in [9.17, 15) is 10.2 Å². The minimum atomic E-state index is -0.883. The van der Waals surface area contributed by atoms with Crippen molar-refractivity contribution in [2.45, 2.75) is 76.9 Å². The molecule has 4 aliphatic rings. The maximum Gasteiger partial charge on any atom is 0.131 e. The van der Waals surface area contributed by atoms with Crippen molar-refractivity contribution in [1.29, 1.82) is 0 Å². The minimum absolute atomic E-state index is 0.119. The molecule has 154 valence electrons. The zero-order valence-electron chi connectivity index (χ0n) is 17.8. The van der Waals surface area contributed by atoms with Gasteiger partial charge in [0.25, 0.3) is 0 Å². The number of rotatable bonds is 0. The van der Waals surface area contributed by atoms with Gasteiger partial charge in [-0.2, -0.15) is 0 Å². The summed E-state index contributed by atoms with van der Waals surface area (Å²) in [7, 11) is 0. The molecule has 2 heteroatoms. The highest BCUT2D eigenvalue weighted by atomic mass is 16.3. The maximum atomic E-state index is 11.7. The number of hydrogen-bond donors (Lipinski definition) is 2. The molecule has 0 aliphatic heterocycles. The van der Waals surface area contributed by atoms with E-state index < -0.39 is 5.60 Å². The first-order chi connectivity index (χ1) is 13.9. The second kappa shape index (κ2) is 6.73. The van der Waals surface area contributed by atoms with E-state index in [-0.39, 0.29) is 16.9 Å². The highest BCUT2D eigenvalue weighted by Crippen LogP contribution is 2.67. The van der Waals surface area contributed by atoms with Crippen LogP contribution in [0.4, 0.5) is 0 Å². The van der Waals surface area contributed by atoms with Crippen molar-refractivity contribution in [2.75, 3.05) is 0 Å². The minimum Gasteiger partial charge on any atom is -0.393 e. The van der Waals surface area contributed by atoms with E-state index in [0.29, 0.717) is 17.8 Å². The van der Waals surface area contributed by atoms with Gasteiger partial charge in [-0.15, -0.1) is 0 Å². The fourth-order valence-electron chi connectivity index (χ4n) is 7.56. The molecule has 0 aromatic heterocycles. The average Bonchev–Trinajstić information content (AvgIpc) is 2.99. The van der Waals surface area contributed by atoms with Gasteiger partial charge in [0.15, 0.2) is 0 Å². The van der Waals surface area contributed by atoms with Crippen LogP contribution in [0.3, 0.4) is 0 Å². The normalized spacial score (nSPS) is 45.9. The van der Waals surface area contributed by atoms with Crippen molar-refractivity contribution in [3.05, 3.63) is 47.5 Å². The molecular weight excluding hydrogens is 356 g/mol. The fraction of sp³-hybridized carbons (Fsp3) is 0.630. The highest BCUT2D eigenvalue weighted by Gasteiger charge is 2.63. The van der Waals surface area contributed by atoms with E-state index in [1.807, 2.05) is 30.3 Å². The zero-order valence-corrected chi connectivity index (χ0v) is 17.8. The summed E-state index contributed by atoms with van der Waals surface area (Å²) in [6, 6.07) is 10.1. The molecule has 0 bridgehead atoms. The molecule has 0 spiro atoms. The first-order valence-electron chi connectivity index (χ1n) is 11.5. The van der Waals surface area contributed by atoms with Crippen LogP contribution in [0.5, 0.6) is 0 Å². The van der Waals surface area contributed by atoms with Gasteiger partial charge in [-0.3, -0.25) is 0 Å². The number of hydrogen-bond acceptors (Lipinski definition) is 2. The summed E-state index contributed by atoms with van der Waals surface area (Å²) in [6.07, 6.45) is 10.5. The number of allylic oxidation sites excluding steroid dienone is 1. The lowest BCUT2D eigenvalue weighted by molar-refractivity contribution is -0.0970. The van der Waals surface area contributed by atoms with Gasteiger partial charge in [0, 0.05) is 11.0 Å². The molecule has 1 aromatic carbocycles. The molecule has 0 heterocycles. The Morgan fingerprint density at radius 2 is 1.72 bits per heavy atom. The maximum absolute atomic E-state index is 11.7. The Balaban J connectivity index is 1.45. The summed E-state index contributed by atoms with van der Waals surface area (Å²) in [5, 5.41) is 21.9. The standard InChI is InChI=1S/C27H34O2/c1-25-14-11-21(28)18-20(25)8-9-22-23(25)12-15-26(2)24(22)13-17-27(26,29)16-10-19-6-4-3-5-7-19/h3-8,21-24,28-29H,9,11-15,17-18H2,1-2H3/t21-,22+,23-,24+,25-,26+,27-/m0/s1. The van der Waals surface area contributed by atoms with Gasteiger partial charge in [0.2, 0.25) is 0 Å². The molecule has 29 heavy (non-hydrogen) atoms. The second-order valence-corrected chi connectivity index (χ2v) is 10.6. The largest absolute Gasteiger partial charge is 0.393 e. The van der Waals surface area contributed by atoms with Gasteiger partial charge in [-0.25, -0.2) is 0 Å². The van der Waals surface area contributed by atoms with Crippen LogP contribution in [0.15, 0.2) is 42.0 Å². The van der Waals surface area contributed by atoms with Gasteiger partial charge in [-0.1, -0.05) is 55.5 Å². The lowest BCUT2D eigenvalue weighted by Gasteiger charge is -2.58. The number of benzene rings is 1. The third-order valence-corrected chi connectivity index (χ3v) is 9.42. The molecular formula is C27H34O2. The quantitative estimate of drug-likeness (QED) is 0.478. The number of aliphatic hydroxyl groups is 2. The van der Waals surface area contributed by atoms with Crippen LogP contribution in [-0.4, -0.2) is 21.9 Å². The summed E-state index contributed by atoms with van der Waals surface area (Å²) >= 11 is 0. The van der Waals surface area contributed by atoms with Crippen LogP contribution in [0.2, 0.25) is 0 Å². The topological polar surface area (TPSA) is 40.5 Å². The SMILES string of the molecule is C[C@]12CC[C@H](O)CC1=CC[C@H]1[C@H]3CC[C@@](O)(C#Cc4ccccc4)[C@]3(C)CC[C@@H]12. The van der Waals surface area contributed by atoms with Crippen LogP contribution in [-0.2, 0) is 0 Å². The Labute approximate surface area is 175 Å². The molecule has 5 rings (SSSR count). The smallest absolute Gasteiger partial charge is 0.131 e. The predicted octanol–water partition coefficient (Wildman–Crippen LogP) is 5.09. The van der Waals surface area contributed by atoms with Crippen LogP contribution < -0.4 is 0 Å². The molecule has 0 amide bonds. The van der Waals surface area contributed by atoms with E-state index in [1.54, 1.807) is 0 Å². The van der Waals surface area contributed by atoms with Crippen LogP contribution in [0.1, 0.15) is 70.8 Å². The predicted molar refractivity (Wildman–Crippen MR) is 116 cm³/mol. The van der Waals surface area contributed by atoms with Crippen molar-refractivity contribution in [3.63, 3.8) is 0 Å². The summed E-state index contributed by atoms with van der Waals surface area (Å²) in [5.41, 5.74) is 1.75. The van der Waals surface area contributed by atoms with Crippen LogP contribution in [0.25, 0.3) is 0 Å². The van der Waals surface area contributed by atoms with Gasteiger partial charge in [0.05, 0.1) is 6.10 Å². The molecule has 0 saturated heterocycles. The van der Waals surface area contributed by atoms with Crippen LogP contribution in [0, 0.1) is 40.4 Å². The van der Waals surface area contributed by atoms with Gasteiger partial charge in [-0.05, 0) is 86.7 Å². The zero-order chi connectivity index (χ0) is 20.3. The first-order valence-corrected chi connectivity index (χ1v) is 11.5. The number of aliphatic hydroxyl groups excluding tert-OH is 1. The summed E-state index contributed by atoms with van der Waals surface area (Å²) in [4.78, 5) is 0. The molecule has 0 radical (unpaired) electrons. The Bertz CT molecular complexity index is 877. The molecule has 1 aromatic rings. The molecule has 3 saturated carbocycles. The summed E-state index contributed by atoms with van der Waals surface area (Å²) in [6.45, 7) is 4.77. The molecule has 7 atom stereocenters. The van der Waals surface area contributed by atoms with Crippen molar-refractivity contribution >= 4 is 0 Å². The first kappa shape index (κ1) is 19.4. The molecule has 4 aliphatic carbocycles. The second-order valence-electron chi connectivity index (χ2n) is 10.6. The Morgan fingerprint density at radius 3 is 2.52 bits per heavy atom. The van der Waals surface area contributed by atoms with Gasteiger partial charge >= 0.3 is 0 Å². The molecule has 2 N–H and O–H groups in total. The Morgan fingerprint density at radius 1 is 0.966 bits per heavy atom. The number of fused-ring (bicyclic) bond motifs is 5. The van der Waals surface area contributed by atoms with Gasteiger partial charge < -0.3 is 10.2 Å². The van der Waals surface area contributed by atoms with Crippen molar-refractivity contribution in [1.82, 2.24) is 0 Å². The lowest BCUT2D eigenvalue weighted by Crippen LogP contribution is -2.54. The highest BCUT2D eigenvalue weighted by molar-refractivity contribution is 5.38. The van der Waals surface area contributed by atoms with Gasteiger partial charge in [0.1, 0.15) is 5.60 Å². The fourth-order valence-corrected chi connectivity index (χ4v) is 7.56. The Hall–Kier alpha value is -1.56. The molecule has 0 unspecified atom stereocenters. The Kier molecular flexibility index (Phi) is 4.50. The van der Waals surface area contributed by atoms with Crippen molar-refractivity contribution in [3.8, 4) is 11.8 Å². The van der Waals surface area contributed by atoms with E-state index in [0.717, 1.165) is 50.5 Å². The third-order valence-electron chi connectivity index (χ3n) is 9.42. The van der Waals surface area contributed by atoms with Crippen LogP contribution >= 0.6 is 0 Å². The molecule has 2 nitrogen and oxygen atoms in total. The molecule has 3 fully saturated rings. The third kappa shape index (κ3) is 2.85. The van der Waals surface area contributed by atoms with E-state index >= 15 is 0 Å². The monoisotopic (exact) mass is 390 g/mol. The lowest BCUT2D eigenvalue weighted by atomic mass is 9.47. The summed E-state index contributed by atoms with van der Waals surface area (Å²) < 4.78 is 0. The summed E-state index contributed by atoms with van der Waals surface area (Å²) in [5.74, 6) is 8.49. The average molecular weight is 391 g/mol. The van der Waals surface area contributed by atoms with Crippen molar-refractivity contribution in [2.24, 2.45) is 28.6 Å². The van der Waals surface area contributed by atoms with E-state index in [4.69, 9.17) is 0 Å². The van der Waals surface area contributed by atoms with E-state index in [1.165, 1.54) is 12.0 Å². The van der Waals surface area contributed by atoms with E-state index in [2.05, 4.69) is 31.8 Å².